The minimum Gasteiger partial charge on any atom is -0.497 e. The summed E-state index contributed by atoms with van der Waals surface area (Å²) >= 11 is 9.61. The minimum atomic E-state index is -0.597. The first-order valence-electron chi connectivity index (χ1n) is 11.7. The number of carbonyl (C=O) groups excluding carboxylic acids is 2. The summed E-state index contributed by atoms with van der Waals surface area (Å²) in [5, 5.41) is 3.59. The first-order chi connectivity index (χ1) is 16.4. The molecule has 8 heteroatoms. The van der Waals surface area contributed by atoms with Crippen LogP contribution < -0.4 is 14.8 Å². The highest BCUT2D eigenvalue weighted by molar-refractivity contribution is 9.10. The number of hydrogen-bond donors (Lipinski definition) is 1. The second-order valence-electron chi connectivity index (χ2n) is 8.50. The highest BCUT2D eigenvalue weighted by Gasteiger charge is 2.30. The lowest BCUT2D eigenvalue weighted by atomic mass is 9.95. The molecule has 1 saturated carbocycles. The van der Waals surface area contributed by atoms with Gasteiger partial charge in [-0.15, -0.1) is 0 Å². The molecular weight excluding hydrogens is 520 g/mol. The molecule has 2 amide bonds. The van der Waals surface area contributed by atoms with Crippen LogP contribution in [0.1, 0.15) is 51.0 Å². The lowest BCUT2D eigenvalue weighted by Crippen LogP contribution is -2.52. The van der Waals surface area contributed by atoms with Crippen molar-refractivity contribution in [1.29, 1.82) is 0 Å². The Labute approximate surface area is 215 Å². The minimum absolute atomic E-state index is 0.113. The Morgan fingerprint density at radius 2 is 1.85 bits per heavy atom. The Bertz CT molecular complexity index is 964. The van der Waals surface area contributed by atoms with Crippen LogP contribution in [0.5, 0.6) is 11.5 Å². The van der Waals surface area contributed by atoms with E-state index in [9.17, 15) is 9.59 Å². The van der Waals surface area contributed by atoms with E-state index in [2.05, 4.69) is 21.2 Å². The van der Waals surface area contributed by atoms with Gasteiger partial charge in [-0.05, 0) is 55.2 Å². The normalized spacial score (nSPS) is 14.8. The summed E-state index contributed by atoms with van der Waals surface area (Å²) in [4.78, 5) is 28.2. The Balaban J connectivity index is 1.77. The fraction of sp³-hybridized carbons (Fsp3) is 0.462. The fourth-order valence-electron chi connectivity index (χ4n) is 4.21. The topological polar surface area (TPSA) is 67.9 Å². The number of carbonyl (C=O) groups is 2. The van der Waals surface area contributed by atoms with Crippen molar-refractivity contribution in [3.63, 3.8) is 0 Å². The van der Waals surface area contributed by atoms with Crippen LogP contribution in [0, 0.1) is 0 Å². The predicted octanol–water partition coefficient (Wildman–Crippen LogP) is 5.75. The predicted molar refractivity (Wildman–Crippen MR) is 137 cm³/mol. The summed E-state index contributed by atoms with van der Waals surface area (Å²) in [6.45, 7) is 1.99. The van der Waals surface area contributed by atoms with E-state index in [1.807, 2.05) is 31.2 Å². The second kappa shape index (κ2) is 13.0. The van der Waals surface area contributed by atoms with Crippen molar-refractivity contribution in [3.05, 3.63) is 57.5 Å². The average Bonchev–Trinajstić information content (AvgIpc) is 2.84. The molecule has 2 aromatic rings. The molecule has 0 unspecified atom stereocenters. The van der Waals surface area contributed by atoms with Gasteiger partial charge in [-0.1, -0.05) is 65.8 Å². The fourth-order valence-corrected chi connectivity index (χ4v) is 4.93. The van der Waals surface area contributed by atoms with Crippen molar-refractivity contribution in [1.82, 2.24) is 10.2 Å². The van der Waals surface area contributed by atoms with Crippen LogP contribution in [0.25, 0.3) is 0 Å². The van der Waals surface area contributed by atoms with Gasteiger partial charge >= 0.3 is 0 Å². The van der Waals surface area contributed by atoms with Gasteiger partial charge in [-0.25, -0.2) is 0 Å². The van der Waals surface area contributed by atoms with Gasteiger partial charge in [0.15, 0.2) is 6.61 Å². The van der Waals surface area contributed by atoms with Gasteiger partial charge in [0, 0.05) is 17.1 Å². The summed E-state index contributed by atoms with van der Waals surface area (Å²) < 4.78 is 11.8. The molecule has 0 aromatic heterocycles. The average molecular weight is 552 g/mol. The highest BCUT2D eigenvalue weighted by atomic mass is 79.9. The molecular formula is C26H32BrClN2O4. The maximum atomic E-state index is 13.4. The lowest BCUT2D eigenvalue weighted by molar-refractivity contribution is -0.143. The van der Waals surface area contributed by atoms with E-state index >= 15 is 0 Å². The number of rotatable bonds is 10. The Kier molecular flexibility index (Phi) is 10.1. The number of hydrogen-bond acceptors (Lipinski definition) is 4. The molecule has 1 aliphatic rings. The van der Waals surface area contributed by atoms with E-state index in [0.717, 1.165) is 41.5 Å². The SMILES string of the molecule is CC[C@@H](C(=O)NC1CCCCC1)N(Cc1ccc(OC)cc1)C(=O)COc1ccc(Br)cc1Cl. The monoisotopic (exact) mass is 550 g/mol. The summed E-state index contributed by atoms with van der Waals surface area (Å²) in [5.41, 5.74) is 0.903. The van der Waals surface area contributed by atoms with Crippen molar-refractivity contribution in [2.45, 2.75) is 64.1 Å². The molecule has 1 fully saturated rings. The van der Waals surface area contributed by atoms with Gasteiger partial charge in [0.05, 0.1) is 12.1 Å². The molecule has 1 N–H and O–H groups in total. The van der Waals surface area contributed by atoms with E-state index in [4.69, 9.17) is 21.1 Å². The van der Waals surface area contributed by atoms with E-state index in [-0.39, 0.29) is 31.0 Å². The van der Waals surface area contributed by atoms with Gasteiger partial charge < -0.3 is 19.7 Å². The number of nitrogens with zero attached hydrogens (tertiary/aromatic N) is 1. The van der Waals surface area contributed by atoms with Crippen LogP contribution in [0.2, 0.25) is 5.02 Å². The van der Waals surface area contributed by atoms with Crippen molar-refractivity contribution < 1.29 is 19.1 Å². The number of benzene rings is 2. The quantitative estimate of drug-likeness (QED) is 0.408. The summed E-state index contributed by atoms with van der Waals surface area (Å²) in [5.74, 6) is 0.762. The van der Waals surface area contributed by atoms with Crippen LogP contribution in [0.15, 0.2) is 46.9 Å². The molecule has 0 bridgehead atoms. The molecule has 2 aromatic carbocycles. The molecule has 6 nitrogen and oxygen atoms in total. The molecule has 3 rings (SSSR count). The van der Waals surface area contributed by atoms with Crippen LogP contribution in [0.4, 0.5) is 0 Å². The third-order valence-electron chi connectivity index (χ3n) is 6.09. The Hall–Kier alpha value is -2.25. The standard InChI is InChI=1S/C26H32BrClN2O4/c1-3-23(26(32)29-20-7-5-4-6-8-20)30(16-18-9-12-21(33-2)13-10-18)25(31)17-34-24-14-11-19(27)15-22(24)28/h9-15,20,23H,3-8,16-17H2,1-2H3,(H,29,32)/t23-/m0/s1. The van der Waals surface area contributed by atoms with E-state index in [1.54, 1.807) is 30.2 Å². The maximum Gasteiger partial charge on any atom is 0.261 e. The summed E-state index contributed by atoms with van der Waals surface area (Å²) in [6, 6.07) is 12.3. The van der Waals surface area contributed by atoms with Crippen molar-refractivity contribution in [3.8, 4) is 11.5 Å². The van der Waals surface area contributed by atoms with Crippen LogP contribution in [-0.4, -0.2) is 42.5 Å². The summed E-state index contributed by atoms with van der Waals surface area (Å²) in [7, 11) is 1.61. The van der Waals surface area contributed by atoms with Gasteiger partial charge in [0.25, 0.3) is 5.91 Å². The molecule has 0 radical (unpaired) electrons. The van der Waals surface area contributed by atoms with Crippen LogP contribution >= 0.6 is 27.5 Å². The maximum absolute atomic E-state index is 13.4. The third kappa shape index (κ3) is 7.37. The van der Waals surface area contributed by atoms with Gasteiger partial charge in [0.1, 0.15) is 17.5 Å². The van der Waals surface area contributed by atoms with E-state index in [0.29, 0.717) is 17.2 Å². The molecule has 0 saturated heterocycles. The smallest absolute Gasteiger partial charge is 0.261 e. The first-order valence-corrected chi connectivity index (χ1v) is 12.9. The molecule has 184 valence electrons. The van der Waals surface area contributed by atoms with Crippen LogP contribution in [-0.2, 0) is 16.1 Å². The van der Waals surface area contributed by atoms with Crippen LogP contribution in [0.3, 0.4) is 0 Å². The number of ether oxygens (including phenoxy) is 2. The van der Waals surface area contributed by atoms with Crippen molar-refractivity contribution in [2.24, 2.45) is 0 Å². The Morgan fingerprint density at radius 1 is 1.15 bits per heavy atom. The molecule has 0 spiro atoms. The highest BCUT2D eigenvalue weighted by Crippen LogP contribution is 2.28. The van der Waals surface area contributed by atoms with Crippen molar-refractivity contribution in [2.75, 3.05) is 13.7 Å². The summed E-state index contributed by atoms with van der Waals surface area (Å²) in [6.07, 6.45) is 5.93. The van der Waals surface area contributed by atoms with Gasteiger partial charge in [0.2, 0.25) is 5.91 Å². The first kappa shape index (κ1) is 26.4. The van der Waals surface area contributed by atoms with Gasteiger partial charge in [-0.2, -0.15) is 0 Å². The number of methoxy groups -OCH3 is 1. The largest absolute Gasteiger partial charge is 0.497 e. The Morgan fingerprint density at radius 3 is 2.47 bits per heavy atom. The molecule has 0 heterocycles. The van der Waals surface area contributed by atoms with Gasteiger partial charge in [-0.3, -0.25) is 9.59 Å². The van der Waals surface area contributed by atoms with E-state index in [1.165, 1.54) is 6.42 Å². The molecule has 0 aliphatic heterocycles. The zero-order valence-corrected chi connectivity index (χ0v) is 22.0. The number of amides is 2. The zero-order valence-electron chi connectivity index (χ0n) is 19.7. The van der Waals surface area contributed by atoms with E-state index < -0.39 is 6.04 Å². The third-order valence-corrected chi connectivity index (χ3v) is 6.88. The zero-order chi connectivity index (χ0) is 24.5. The molecule has 1 atom stereocenters. The second-order valence-corrected chi connectivity index (χ2v) is 9.82. The van der Waals surface area contributed by atoms with Crippen molar-refractivity contribution >= 4 is 39.3 Å². The lowest BCUT2D eigenvalue weighted by Gasteiger charge is -2.32. The number of halogens is 2. The molecule has 34 heavy (non-hydrogen) atoms. The number of nitrogens with one attached hydrogen (secondary N) is 1. The molecule has 1 aliphatic carbocycles.